The van der Waals surface area contributed by atoms with Crippen molar-refractivity contribution in [3.05, 3.63) is 59.7 Å². The van der Waals surface area contributed by atoms with Crippen LogP contribution in [0.15, 0.2) is 48.5 Å². The number of alkyl carbamates (subject to hydrolysis) is 1. The molecule has 186 valence electrons. The van der Waals surface area contributed by atoms with E-state index in [9.17, 15) is 19.5 Å². The molecule has 1 fully saturated rings. The number of hydrogen-bond donors (Lipinski definition) is 3. The van der Waals surface area contributed by atoms with Crippen LogP contribution in [0.5, 0.6) is 0 Å². The second kappa shape index (κ2) is 11.4. The lowest BCUT2D eigenvalue weighted by molar-refractivity contribution is -0.143. The zero-order chi connectivity index (χ0) is 24.8. The Hall–Kier alpha value is -3.35. The molecule has 7 nitrogen and oxygen atoms in total. The lowest BCUT2D eigenvalue weighted by Gasteiger charge is -2.28. The van der Waals surface area contributed by atoms with Gasteiger partial charge >= 0.3 is 12.1 Å². The Bertz CT molecular complexity index is 1020. The molecule has 1 unspecified atom stereocenters. The average molecular weight is 479 g/mol. The van der Waals surface area contributed by atoms with Crippen molar-refractivity contribution < 1.29 is 24.2 Å². The summed E-state index contributed by atoms with van der Waals surface area (Å²) in [7, 11) is 0. The maximum atomic E-state index is 12.7. The summed E-state index contributed by atoms with van der Waals surface area (Å²) in [6.07, 6.45) is 3.77. The predicted octanol–water partition coefficient (Wildman–Crippen LogP) is 4.84. The van der Waals surface area contributed by atoms with Crippen molar-refractivity contribution in [1.82, 2.24) is 10.6 Å². The highest BCUT2D eigenvalue weighted by Crippen LogP contribution is 2.44. The molecule has 2 aromatic carbocycles. The summed E-state index contributed by atoms with van der Waals surface area (Å²) in [4.78, 5) is 36.6. The Balaban J connectivity index is 1.31. The van der Waals surface area contributed by atoms with E-state index in [2.05, 4.69) is 34.9 Å². The monoisotopic (exact) mass is 478 g/mol. The van der Waals surface area contributed by atoms with E-state index in [0.29, 0.717) is 19.3 Å². The summed E-state index contributed by atoms with van der Waals surface area (Å²) >= 11 is 0. The summed E-state index contributed by atoms with van der Waals surface area (Å²) in [6.45, 7) is 2.23. The molecular weight excluding hydrogens is 444 g/mol. The molecule has 2 aliphatic carbocycles. The number of carboxylic acid groups (broad SMARTS) is 1. The van der Waals surface area contributed by atoms with Crippen molar-refractivity contribution in [2.75, 3.05) is 6.61 Å². The summed E-state index contributed by atoms with van der Waals surface area (Å²) in [5.74, 6) is -1.39. The first-order valence-electron chi connectivity index (χ1n) is 12.6. The van der Waals surface area contributed by atoms with Crippen LogP contribution in [0.25, 0.3) is 11.1 Å². The third kappa shape index (κ3) is 6.02. The van der Waals surface area contributed by atoms with Crippen LogP contribution < -0.4 is 10.6 Å². The topological polar surface area (TPSA) is 105 Å². The highest BCUT2D eigenvalue weighted by Gasteiger charge is 2.30. The number of aliphatic carboxylic acids is 1. The van der Waals surface area contributed by atoms with Crippen molar-refractivity contribution in [3.63, 3.8) is 0 Å². The van der Waals surface area contributed by atoms with Gasteiger partial charge in [0.15, 0.2) is 0 Å². The molecule has 2 aliphatic rings. The van der Waals surface area contributed by atoms with Crippen molar-refractivity contribution in [2.24, 2.45) is 5.92 Å². The number of carboxylic acids is 1. The van der Waals surface area contributed by atoms with Gasteiger partial charge in [0.05, 0.1) is 5.92 Å². The molecule has 3 N–H and O–H groups in total. The molecule has 0 heterocycles. The third-order valence-corrected chi connectivity index (χ3v) is 7.12. The van der Waals surface area contributed by atoms with Gasteiger partial charge in [0.25, 0.3) is 0 Å². The van der Waals surface area contributed by atoms with Crippen LogP contribution in [0.4, 0.5) is 4.79 Å². The summed E-state index contributed by atoms with van der Waals surface area (Å²) in [5, 5.41) is 15.1. The zero-order valence-electron chi connectivity index (χ0n) is 20.2. The second-order valence-corrected chi connectivity index (χ2v) is 9.63. The first-order chi connectivity index (χ1) is 17.0. The number of carbonyl (C=O) groups is 3. The molecule has 35 heavy (non-hydrogen) atoms. The fraction of sp³-hybridized carbons (Fsp3) is 0.464. The normalized spacial score (nSPS) is 19.8. The van der Waals surface area contributed by atoms with E-state index in [1.165, 1.54) is 11.1 Å². The minimum absolute atomic E-state index is 0.0189. The van der Waals surface area contributed by atoms with E-state index in [0.717, 1.165) is 30.4 Å². The number of ether oxygens (including phenoxy) is 1. The zero-order valence-corrected chi connectivity index (χ0v) is 20.2. The van der Waals surface area contributed by atoms with Gasteiger partial charge in [-0.05, 0) is 47.9 Å². The number of benzene rings is 2. The molecule has 0 aliphatic heterocycles. The van der Waals surface area contributed by atoms with E-state index in [-0.39, 0.29) is 36.9 Å². The summed E-state index contributed by atoms with van der Waals surface area (Å²) in [6, 6.07) is 15.9. The van der Waals surface area contributed by atoms with Gasteiger partial charge in [-0.1, -0.05) is 68.3 Å². The van der Waals surface area contributed by atoms with E-state index in [1.807, 2.05) is 31.2 Å². The van der Waals surface area contributed by atoms with Crippen LogP contribution in [-0.2, 0) is 14.3 Å². The van der Waals surface area contributed by atoms with Crippen LogP contribution in [0.3, 0.4) is 0 Å². The maximum absolute atomic E-state index is 12.7. The number of carbonyl (C=O) groups excluding carboxylic acids is 2. The molecule has 0 saturated heterocycles. The van der Waals surface area contributed by atoms with Crippen molar-refractivity contribution >= 4 is 18.0 Å². The lowest BCUT2D eigenvalue weighted by atomic mass is 9.85. The Morgan fingerprint density at radius 2 is 1.69 bits per heavy atom. The van der Waals surface area contributed by atoms with E-state index < -0.39 is 18.0 Å². The predicted molar refractivity (Wildman–Crippen MR) is 133 cm³/mol. The molecule has 2 aromatic rings. The molecule has 0 spiro atoms. The van der Waals surface area contributed by atoms with Crippen LogP contribution in [0.2, 0.25) is 0 Å². The van der Waals surface area contributed by atoms with Crippen molar-refractivity contribution in [3.8, 4) is 11.1 Å². The number of hydrogen-bond acceptors (Lipinski definition) is 4. The Kier molecular flexibility index (Phi) is 8.06. The summed E-state index contributed by atoms with van der Waals surface area (Å²) < 4.78 is 5.64. The first kappa shape index (κ1) is 24.8. The highest BCUT2D eigenvalue weighted by molar-refractivity contribution is 5.80. The minimum atomic E-state index is -0.801. The SMILES string of the molecule is CCCC(CC(=O)N[C@@H]1CCC[C@@H](C(=O)O)C1)NC(=O)OCC1c2ccccc2-c2ccccc21. The number of rotatable bonds is 9. The van der Waals surface area contributed by atoms with E-state index >= 15 is 0 Å². The van der Waals surface area contributed by atoms with E-state index in [1.54, 1.807) is 0 Å². The minimum Gasteiger partial charge on any atom is -0.481 e. The van der Waals surface area contributed by atoms with Crippen molar-refractivity contribution in [1.29, 1.82) is 0 Å². The molecule has 1 saturated carbocycles. The standard InChI is InChI=1S/C28H34N2O5/c1-2-8-19(16-26(31)29-20-10-7-9-18(15-20)27(32)33)30-28(34)35-17-25-23-13-5-3-11-21(23)22-12-4-6-14-24(22)25/h3-6,11-14,18-20,25H,2,7-10,15-17H2,1H3,(H,29,31)(H,30,34)(H,32,33)/t18-,19?,20-/m1/s1. The van der Waals surface area contributed by atoms with Gasteiger partial charge in [0.2, 0.25) is 5.91 Å². The van der Waals surface area contributed by atoms with Gasteiger partial charge in [0, 0.05) is 24.4 Å². The highest BCUT2D eigenvalue weighted by atomic mass is 16.5. The van der Waals surface area contributed by atoms with Gasteiger partial charge in [-0.15, -0.1) is 0 Å². The smallest absolute Gasteiger partial charge is 0.407 e. The molecular formula is C28H34N2O5. The van der Waals surface area contributed by atoms with Gasteiger partial charge in [0.1, 0.15) is 6.61 Å². The number of nitrogens with one attached hydrogen (secondary N) is 2. The molecule has 0 bridgehead atoms. The first-order valence-corrected chi connectivity index (χ1v) is 12.6. The van der Waals surface area contributed by atoms with Crippen LogP contribution in [-0.4, -0.2) is 41.8 Å². The van der Waals surface area contributed by atoms with Crippen LogP contribution in [0, 0.1) is 5.92 Å². The lowest BCUT2D eigenvalue weighted by Crippen LogP contribution is -2.44. The molecule has 4 rings (SSSR count). The Morgan fingerprint density at radius 1 is 1.03 bits per heavy atom. The van der Waals surface area contributed by atoms with Crippen LogP contribution in [0.1, 0.15) is 68.9 Å². The molecule has 3 atom stereocenters. The van der Waals surface area contributed by atoms with Gasteiger partial charge in [-0.3, -0.25) is 9.59 Å². The van der Waals surface area contributed by atoms with Crippen LogP contribution >= 0.6 is 0 Å². The number of amides is 2. The van der Waals surface area contributed by atoms with Gasteiger partial charge in [-0.25, -0.2) is 4.79 Å². The molecule has 0 radical (unpaired) electrons. The molecule has 2 amide bonds. The van der Waals surface area contributed by atoms with E-state index in [4.69, 9.17) is 4.74 Å². The molecule has 0 aromatic heterocycles. The summed E-state index contributed by atoms with van der Waals surface area (Å²) in [5.41, 5.74) is 4.65. The quantitative estimate of drug-likeness (QED) is 0.478. The fourth-order valence-electron chi connectivity index (χ4n) is 5.44. The average Bonchev–Trinajstić information content (AvgIpc) is 3.16. The van der Waals surface area contributed by atoms with Gasteiger partial charge in [-0.2, -0.15) is 0 Å². The number of fused-ring (bicyclic) bond motifs is 3. The van der Waals surface area contributed by atoms with Gasteiger partial charge < -0.3 is 20.5 Å². The fourth-order valence-corrected chi connectivity index (χ4v) is 5.44. The second-order valence-electron chi connectivity index (χ2n) is 9.63. The maximum Gasteiger partial charge on any atom is 0.407 e. The largest absolute Gasteiger partial charge is 0.481 e. The molecule has 7 heteroatoms. The Morgan fingerprint density at radius 3 is 2.31 bits per heavy atom. The Labute approximate surface area is 206 Å². The van der Waals surface area contributed by atoms with Crippen molar-refractivity contribution in [2.45, 2.75) is 69.9 Å². The third-order valence-electron chi connectivity index (χ3n) is 7.12.